The van der Waals surface area contributed by atoms with E-state index in [0.29, 0.717) is 6.42 Å². The van der Waals surface area contributed by atoms with Crippen molar-refractivity contribution in [1.29, 1.82) is 0 Å². The van der Waals surface area contributed by atoms with E-state index < -0.39 is 0 Å². The normalized spacial score (nSPS) is 15.8. The predicted octanol–water partition coefficient (Wildman–Crippen LogP) is 4.17. The molecule has 0 spiro atoms. The number of hydrazine groups is 1. The molecule has 3 N–H and O–H groups in total. The third kappa shape index (κ3) is 3.14. The highest BCUT2D eigenvalue weighted by molar-refractivity contribution is 7.12. The molecule has 21 heavy (non-hydrogen) atoms. The molecule has 0 saturated heterocycles. The van der Waals surface area contributed by atoms with Crippen molar-refractivity contribution >= 4 is 22.9 Å². The fourth-order valence-corrected chi connectivity index (χ4v) is 4.37. The lowest BCUT2D eigenvalue weighted by Crippen LogP contribution is -2.29. The zero-order valence-corrected chi connectivity index (χ0v) is 13.2. The van der Waals surface area contributed by atoms with Gasteiger partial charge in [0.05, 0.1) is 11.1 Å². The zero-order valence-electron chi connectivity index (χ0n) is 11.7. The predicted molar refractivity (Wildman–Crippen MR) is 86.1 cm³/mol. The van der Waals surface area contributed by atoms with Gasteiger partial charge in [-0.2, -0.15) is 0 Å². The summed E-state index contributed by atoms with van der Waals surface area (Å²) in [6.45, 7) is 0. The summed E-state index contributed by atoms with van der Waals surface area (Å²) in [6.07, 6.45) is 5.44. The van der Waals surface area contributed by atoms with E-state index in [-0.39, 0.29) is 16.9 Å². The molecule has 5 heteroatoms. The SMILES string of the molecule is NNC(Cc1cccc(F)c1Cl)c1cc2c(s1)CCCC2. The van der Waals surface area contributed by atoms with Crippen molar-refractivity contribution in [2.45, 2.75) is 38.1 Å². The van der Waals surface area contributed by atoms with Crippen molar-refractivity contribution in [1.82, 2.24) is 5.43 Å². The molecule has 0 amide bonds. The quantitative estimate of drug-likeness (QED) is 0.654. The Morgan fingerprint density at radius 1 is 1.33 bits per heavy atom. The van der Waals surface area contributed by atoms with Gasteiger partial charge < -0.3 is 0 Å². The highest BCUT2D eigenvalue weighted by Crippen LogP contribution is 2.34. The molecular formula is C16H18ClFN2S. The van der Waals surface area contributed by atoms with Crippen molar-refractivity contribution < 1.29 is 4.39 Å². The van der Waals surface area contributed by atoms with Crippen molar-refractivity contribution in [2.75, 3.05) is 0 Å². The molecule has 1 aromatic carbocycles. The first kappa shape index (κ1) is 15.0. The van der Waals surface area contributed by atoms with Crippen LogP contribution >= 0.6 is 22.9 Å². The number of nitrogens with one attached hydrogen (secondary N) is 1. The maximum absolute atomic E-state index is 13.5. The Morgan fingerprint density at radius 2 is 2.14 bits per heavy atom. The molecule has 1 aromatic heterocycles. The topological polar surface area (TPSA) is 38.0 Å². The fourth-order valence-electron chi connectivity index (χ4n) is 2.85. The molecule has 1 aliphatic carbocycles. The van der Waals surface area contributed by atoms with Crippen molar-refractivity contribution in [3.05, 3.63) is 56.0 Å². The molecule has 112 valence electrons. The van der Waals surface area contributed by atoms with Gasteiger partial charge in [-0.25, -0.2) is 4.39 Å². The van der Waals surface area contributed by atoms with Crippen LogP contribution in [0.2, 0.25) is 5.02 Å². The average Bonchev–Trinajstić information content (AvgIpc) is 2.92. The third-order valence-electron chi connectivity index (χ3n) is 4.02. The summed E-state index contributed by atoms with van der Waals surface area (Å²) in [6, 6.07) is 7.13. The molecule has 0 bridgehead atoms. The van der Waals surface area contributed by atoms with Gasteiger partial charge in [0.15, 0.2) is 0 Å². The summed E-state index contributed by atoms with van der Waals surface area (Å²) < 4.78 is 13.5. The number of hydrogen-bond donors (Lipinski definition) is 2. The van der Waals surface area contributed by atoms with Crippen LogP contribution in [0.1, 0.15) is 39.8 Å². The van der Waals surface area contributed by atoms with Crippen LogP contribution in [0, 0.1) is 5.82 Å². The van der Waals surface area contributed by atoms with Gasteiger partial charge in [-0.3, -0.25) is 11.3 Å². The zero-order chi connectivity index (χ0) is 14.8. The van der Waals surface area contributed by atoms with Gasteiger partial charge in [-0.1, -0.05) is 23.7 Å². The van der Waals surface area contributed by atoms with Gasteiger partial charge in [-0.05, 0) is 55.4 Å². The maximum atomic E-state index is 13.5. The number of benzene rings is 1. The first-order chi connectivity index (χ1) is 10.2. The van der Waals surface area contributed by atoms with Crippen LogP contribution in [-0.4, -0.2) is 0 Å². The number of rotatable bonds is 4. The van der Waals surface area contributed by atoms with E-state index in [1.807, 2.05) is 17.4 Å². The van der Waals surface area contributed by atoms with E-state index in [9.17, 15) is 4.39 Å². The standard InChI is InChI=1S/C16H18ClFN2S/c17-16-11(5-3-6-12(16)18)8-13(20-19)15-9-10-4-1-2-7-14(10)21-15/h3,5-6,9,13,20H,1-2,4,7-8,19H2. The highest BCUT2D eigenvalue weighted by atomic mass is 35.5. The second-order valence-electron chi connectivity index (χ2n) is 5.44. The summed E-state index contributed by atoms with van der Waals surface area (Å²) >= 11 is 7.86. The van der Waals surface area contributed by atoms with E-state index in [0.717, 1.165) is 18.4 Å². The van der Waals surface area contributed by atoms with Gasteiger partial charge in [0.2, 0.25) is 0 Å². The summed E-state index contributed by atoms with van der Waals surface area (Å²) in [7, 11) is 0. The van der Waals surface area contributed by atoms with Crippen molar-refractivity contribution in [3.63, 3.8) is 0 Å². The Bertz CT molecular complexity index is 618. The molecule has 3 rings (SSSR count). The number of halogens is 2. The molecule has 0 saturated carbocycles. The molecule has 2 nitrogen and oxygen atoms in total. The van der Waals surface area contributed by atoms with Crippen LogP contribution in [0.4, 0.5) is 4.39 Å². The fraction of sp³-hybridized carbons (Fsp3) is 0.375. The van der Waals surface area contributed by atoms with E-state index >= 15 is 0 Å². The van der Waals surface area contributed by atoms with Crippen molar-refractivity contribution in [2.24, 2.45) is 5.84 Å². The van der Waals surface area contributed by atoms with Gasteiger partial charge in [0.1, 0.15) is 5.82 Å². The molecule has 0 radical (unpaired) electrons. The van der Waals surface area contributed by atoms with Gasteiger partial charge >= 0.3 is 0 Å². The van der Waals surface area contributed by atoms with Crippen LogP contribution in [-0.2, 0) is 19.3 Å². The summed E-state index contributed by atoms with van der Waals surface area (Å²) in [5, 5.41) is 0.194. The second-order valence-corrected chi connectivity index (χ2v) is 6.99. The van der Waals surface area contributed by atoms with Crippen LogP contribution in [0.3, 0.4) is 0 Å². The first-order valence-corrected chi connectivity index (χ1v) is 8.39. The molecule has 1 aliphatic rings. The number of nitrogens with two attached hydrogens (primary N) is 1. The minimum Gasteiger partial charge on any atom is -0.271 e. The molecule has 0 fully saturated rings. The smallest absolute Gasteiger partial charge is 0.142 e. The Morgan fingerprint density at radius 3 is 2.90 bits per heavy atom. The number of hydrogen-bond acceptors (Lipinski definition) is 3. The van der Waals surface area contributed by atoms with Crippen LogP contribution in [0.25, 0.3) is 0 Å². The van der Waals surface area contributed by atoms with Crippen LogP contribution < -0.4 is 11.3 Å². The van der Waals surface area contributed by atoms with E-state index in [4.69, 9.17) is 17.4 Å². The Hall–Kier alpha value is -0.940. The summed E-state index contributed by atoms with van der Waals surface area (Å²) in [4.78, 5) is 2.69. The molecule has 0 aliphatic heterocycles. The van der Waals surface area contributed by atoms with Crippen molar-refractivity contribution in [3.8, 4) is 0 Å². The van der Waals surface area contributed by atoms with E-state index in [2.05, 4.69) is 11.5 Å². The number of fused-ring (bicyclic) bond motifs is 1. The first-order valence-electron chi connectivity index (χ1n) is 7.19. The second kappa shape index (κ2) is 6.44. The van der Waals surface area contributed by atoms with E-state index in [1.54, 1.807) is 6.07 Å². The minimum absolute atomic E-state index is 0.0279. The average molecular weight is 325 g/mol. The third-order valence-corrected chi connectivity index (χ3v) is 5.79. The molecule has 2 aromatic rings. The van der Waals surface area contributed by atoms with Crippen LogP contribution in [0.5, 0.6) is 0 Å². The summed E-state index contributed by atoms with van der Waals surface area (Å²) in [5.74, 6) is 5.34. The van der Waals surface area contributed by atoms with Gasteiger partial charge in [0.25, 0.3) is 0 Å². The van der Waals surface area contributed by atoms with Gasteiger partial charge in [0, 0.05) is 9.75 Å². The maximum Gasteiger partial charge on any atom is 0.142 e. The monoisotopic (exact) mass is 324 g/mol. The number of thiophene rings is 1. The molecule has 1 unspecified atom stereocenters. The Kier molecular flexibility index (Phi) is 4.60. The lowest BCUT2D eigenvalue weighted by atomic mass is 9.98. The number of aryl methyl sites for hydroxylation is 2. The molecule has 1 heterocycles. The molecule has 1 atom stereocenters. The Balaban J connectivity index is 1.85. The minimum atomic E-state index is -0.379. The summed E-state index contributed by atoms with van der Waals surface area (Å²) in [5.41, 5.74) is 5.09. The van der Waals surface area contributed by atoms with Gasteiger partial charge in [-0.15, -0.1) is 11.3 Å². The lowest BCUT2D eigenvalue weighted by molar-refractivity contribution is 0.556. The highest BCUT2D eigenvalue weighted by Gasteiger charge is 2.20. The Labute approximate surface area is 133 Å². The lowest BCUT2D eigenvalue weighted by Gasteiger charge is -2.15. The largest absolute Gasteiger partial charge is 0.271 e. The molecular weight excluding hydrogens is 307 g/mol. The van der Waals surface area contributed by atoms with Crippen LogP contribution in [0.15, 0.2) is 24.3 Å². The van der Waals surface area contributed by atoms with E-state index in [1.165, 1.54) is 34.2 Å².